The Morgan fingerprint density at radius 1 is 1.30 bits per heavy atom. The van der Waals surface area contributed by atoms with E-state index in [0.29, 0.717) is 22.4 Å². The zero-order valence-electron chi connectivity index (χ0n) is 12.9. The van der Waals surface area contributed by atoms with Gasteiger partial charge in [0.05, 0.1) is 12.6 Å². The number of hydrogen-bond donors (Lipinski definition) is 0. The fourth-order valence-corrected chi connectivity index (χ4v) is 2.46. The van der Waals surface area contributed by atoms with E-state index in [2.05, 4.69) is 9.84 Å². The number of hydrogen-bond acceptors (Lipinski definition) is 5. The van der Waals surface area contributed by atoms with Crippen LogP contribution in [0.3, 0.4) is 0 Å². The molecule has 2 aromatic heterocycles. The monoisotopic (exact) mass is 318 g/mol. The number of aromatic nitrogens is 3. The van der Waals surface area contributed by atoms with Gasteiger partial charge in [-0.2, -0.15) is 0 Å². The van der Waals surface area contributed by atoms with Crippen molar-refractivity contribution in [2.75, 3.05) is 26.1 Å². The molecule has 8 heteroatoms. The summed E-state index contributed by atoms with van der Waals surface area (Å²) in [5.74, 6) is -0.569. The van der Waals surface area contributed by atoms with Crippen LogP contribution in [0.2, 0.25) is 0 Å². The second kappa shape index (κ2) is 5.38. The largest absolute Gasteiger partial charge is 0.468 e. The van der Waals surface area contributed by atoms with Crippen molar-refractivity contribution < 1.29 is 13.9 Å². The van der Waals surface area contributed by atoms with Crippen molar-refractivity contribution in [3.8, 4) is 0 Å². The summed E-state index contributed by atoms with van der Waals surface area (Å²) >= 11 is 0. The van der Waals surface area contributed by atoms with Gasteiger partial charge in [0, 0.05) is 19.5 Å². The molecule has 23 heavy (non-hydrogen) atoms. The third kappa shape index (κ3) is 2.41. The third-order valence-corrected chi connectivity index (χ3v) is 3.54. The van der Waals surface area contributed by atoms with Gasteiger partial charge in [-0.05, 0) is 24.3 Å². The van der Waals surface area contributed by atoms with Crippen LogP contribution in [0.5, 0.6) is 0 Å². The topological polar surface area (TPSA) is 68.8 Å². The molecule has 0 bridgehead atoms. The van der Waals surface area contributed by atoms with Crippen LogP contribution in [-0.2, 0) is 16.1 Å². The molecule has 0 saturated carbocycles. The average Bonchev–Trinajstić information content (AvgIpc) is 2.88. The Morgan fingerprint density at radius 3 is 2.70 bits per heavy atom. The quantitative estimate of drug-likeness (QED) is 0.675. The van der Waals surface area contributed by atoms with E-state index in [9.17, 15) is 14.0 Å². The number of methoxy groups -OCH3 is 1. The molecule has 0 unspecified atom stereocenters. The molecule has 0 aliphatic heterocycles. The van der Waals surface area contributed by atoms with E-state index in [1.807, 2.05) is 0 Å². The average molecular weight is 318 g/mol. The second-order valence-electron chi connectivity index (χ2n) is 5.30. The van der Waals surface area contributed by atoms with Crippen molar-refractivity contribution in [1.29, 1.82) is 0 Å². The zero-order chi connectivity index (χ0) is 16.7. The first-order valence-corrected chi connectivity index (χ1v) is 6.88. The first-order valence-electron chi connectivity index (χ1n) is 6.88. The first kappa shape index (κ1) is 15.0. The predicted molar refractivity (Wildman–Crippen MR) is 83.3 cm³/mol. The lowest BCUT2D eigenvalue weighted by atomic mass is 10.2. The summed E-state index contributed by atoms with van der Waals surface area (Å²) in [6.07, 6.45) is 0. The van der Waals surface area contributed by atoms with Gasteiger partial charge in [-0.1, -0.05) is 0 Å². The number of rotatable bonds is 3. The van der Waals surface area contributed by atoms with E-state index in [4.69, 9.17) is 0 Å². The molecule has 0 amide bonds. The van der Waals surface area contributed by atoms with Crippen LogP contribution >= 0.6 is 0 Å². The number of ether oxygens (including phenoxy) is 1. The molecule has 3 aromatic rings. The Labute approximate surface area is 130 Å². The van der Waals surface area contributed by atoms with Gasteiger partial charge in [-0.3, -0.25) is 14.0 Å². The Kier molecular flexibility index (Phi) is 3.51. The summed E-state index contributed by atoms with van der Waals surface area (Å²) in [6.45, 7) is -0.289. The molecular formula is C15H15FN4O3. The second-order valence-corrected chi connectivity index (χ2v) is 5.30. The van der Waals surface area contributed by atoms with Gasteiger partial charge in [0.15, 0.2) is 0 Å². The van der Waals surface area contributed by atoms with Crippen LogP contribution in [0.25, 0.3) is 16.4 Å². The van der Waals surface area contributed by atoms with Crippen LogP contribution in [0, 0.1) is 5.82 Å². The summed E-state index contributed by atoms with van der Waals surface area (Å²) in [4.78, 5) is 25.7. The molecule has 0 N–H and O–H groups in total. The van der Waals surface area contributed by atoms with Crippen molar-refractivity contribution in [3.63, 3.8) is 0 Å². The number of halogens is 1. The van der Waals surface area contributed by atoms with Crippen molar-refractivity contribution in [2.45, 2.75) is 6.54 Å². The van der Waals surface area contributed by atoms with Crippen molar-refractivity contribution in [1.82, 2.24) is 14.2 Å². The van der Waals surface area contributed by atoms with Crippen molar-refractivity contribution in [2.24, 2.45) is 0 Å². The number of nitrogens with zero attached hydrogens (tertiary/aromatic N) is 4. The van der Waals surface area contributed by atoms with Crippen LogP contribution in [0.4, 0.5) is 10.3 Å². The fraction of sp³-hybridized carbons (Fsp3) is 0.267. The van der Waals surface area contributed by atoms with E-state index in [1.54, 1.807) is 35.5 Å². The van der Waals surface area contributed by atoms with E-state index in [1.165, 1.54) is 19.2 Å². The fourth-order valence-electron chi connectivity index (χ4n) is 2.46. The number of carbonyl (C=O) groups excluding carboxylic acids is 1. The van der Waals surface area contributed by atoms with Crippen LogP contribution in [0.1, 0.15) is 0 Å². The highest BCUT2D eigenvalue weighted by molar-refractivity contribution is 5.88. The van der Waals surface area contributed by atoms with Gasteiger partial charge in [-0.15, -0.1) is 5.10 Å². The molecule has 1 aromatic carbocycles. The molecule has 0 saturated heterocycles. The highest BCUT2D eigenvalue weighted by atomic mass is 19.1. The number of anilines is 1. The number of fused-ring (bicyclic) bond motifs is 3. The highest BCUT2D eigenvalue weighted by Crippen LogP contribution is 2.23. The molecule has 0 aliphatic carbocycles. The maximum atomic E-state index is 13.6. The normalized spacial score (nSPS) is 11.1. The number of carbonyl (C=O) groups is 1. The summed E-state index contributed by atoms with van der Waals surface area (Å²) < 4.78 is 20.8. The number of benzene rings is 1. The van der Waals surface area contributed by atoms with Crippen LogP contribution in [-0.4, -0.2) is 41.4 Å². The molecule has 120 valence electrons. The lowest BCUT2D eigenvalue weighted by Crippen LogP contribution is -2.31. The Bertz CT molecular complexity index is 974. The molecule has 0 aliphatic rings. The lowest BCUT2D eigenvalue weighted by molar-refractivity contribution is -0.141. The molecule has 0 spiro atoms. The number of esters is 1. The van der Waals surface area contributed by atoms with Crippen molar-refractivity contribution in [3.05, 3.63) is 40.4 Å². The Hall–Kier alpha value is -2.90. The predicted octanol–water partition coefficient (Wildman–Crippen LogP) is 1.03. The van der Waals surface area contributed by atoms with Gasteiger partial charge in [0.1, 0.15) is 17.9 Å². The third-order valence-electron chi connectivity index (χ3n) is 3.54. The van der Waals surface area contributed by atoms with Gasteiger partial charge >= 0.3 is 5.97 Å². The van der Waals surface area contributed by atoms with Crippen LogP contribution < -0.4 is 10.5 Å². The van der Waals surface area contributed by atoms with E-state index < -0.39 is 17.3 Å². The van der Waals surface area contributed by atoms with E-state index in [0.717, 1.165) is 4.68 Å². The minimum absolute atomic E-state index is 0.289. The maximum absolute atomic E-state index is 13.6. The maximum Gasteiger partial charge on any atom is 0.327 e. The van der Waals surface area contributed by atoms with Gasteiger partial charge < -0.3 is 9.64 Å². The standard InChI is InChI=1S/C15H15FN4O3/c1-18(2)15-17-19(8-13(21)23-3)14(22)12-6-9-4-5-10(16)7-11(9)20(12)15/h4-7H,8H2,1-3H3. The summed E-state index contributed by atoms with van der Waals surface area (Å²) in [6, 6.07) is 5.93. The Morgan fingerprint density at radius 2 is 2.04 bits per heavy atom. The molecule has 7 nitrogen and oxygen atoms in total. The molecule has 0 fully saturated rings. The summed E-state index contributed by atoms with van der Waals surface area (Å²) in [5, 5.41) is 4.92. The van der Waals surface area contributed by atoms with E-state index in [-0.39, 0.29) is 6.54 Å². The van der Waals surface area contributed by atoms with Crippen LogP contribution in [0.15, 0.2) is 29.1 Å². The molecule has 0 atom stereocenters. The summed E-state index contributed by atoms with van der Waals surface area (Å²) in [7, 11) is 4.74. The van der Waals surface area contributed by atoms with Gasteiger partial charge in [-0.25, -0.2) is 9.07 Å². The minimum atomic E-state index is -0.573. The molecular weight excluding hydrogens is 303 g/mol. The van der Waals surface area contributed by atoms with Crippen molar-refractivity contribution >= 4 is 28.3 Å². The zero-order valence-corrected chi connectivity index (χ0v) is 12.9. The molecule has 2 heterocycles. The highest BCUT2D eigenvalue weighted by Gasteiger charge is 2.17. The Balaban J connectivity index is 2.40. The molecule has 0 radical (unpaired) electrons. The SMILES string of the molecule is COC(=O)Cn1nc(N(C)C)n2c(cc3ccc(F)cc32)c1=O. The van der Waals surface area contributed by atoms with Gasteiger partial charge in [0.25, 0.3) is 5.56 Å². The van der Waals surface area contributed by atoms with E-state index >= 15 is 0 Å². The first-order chi connectivity index (χ1) is 10.9. The smallest absolute Gasteiger partial charge is 0.327 e. The summed E-state index contributed by atoms with van der Waals surface area (Å²) in [5.41, 5.74) is 0.407. The lowest BCUT2D eigenvalue weighted by Gasteiger charge is -2.16. The van der Waals surface area contributed by atoms with Gasteiger partial charge in [0.2, 0.25) is 5.95 Å². The minimum Gasteiger partial charge on any atom is -0.468 e. The molecule has 3 rings (SSSR count).